The lowest BCUT2D eigenvalue weighted by Crippen LogP contribution is -2.20. The first kappa shape index (κ1) is 19.9. The van der Waals surface area contributed by atoms with E-state index in [1.165, 1.54) is 5.56 Å². The van der Waals surface area contributed by atoms with Crippen molar-refractivity contribution in [2.45, 2.75) is 13.3 Å². The number of carbonyl (C=O) groups excluding carboxylic acids is 1. The average molecular weight is 429 g/mol. The van der Waals surface area contributed by atoms with Crippen LogP contribution in [0.1, 0.15) is 12.5 Å². The summed E-state index contributed by atoms with van der Waals surface area (Å²) in [6, 6.07) is 17.2. The number of imidazole rings is 1. The number of anilines is 1. The van der Waals surface area contributed by atoms with Crippen LogP contribution in [0.5, 0.6) is 17.2 Å². The first-order valence-electron chi connectivity index (χ1n) is 10.6. The molecule has 0 saturated carbocycles. The highest BCUT2D eigenvalue weighted by Gasteiger charge is 2.14. The summed E-state index contributed by atoms with van der Waals surface area (Å²) in [5, 5.41) is 2.87. The zero-order valence-electron chi connectivity index (χ0n) is 17.7. The van der Waals surface area contributed by atoms with E-state index in [9.17, 15) is 4.79 Å². The van der Waals surface area contributed by atoms with E-state index in [1.807, 2.05) is 71.4 Å². The largest absolute Gasteiger partial charge is 0.486 e. The quantitative estimate of drug-likeness (QED) is 0.493. The average Bonchev–Trinajstić information content (AvgIpc) is 3.26. The van der Waals surface area contributed by atoms with Gasteiger partial charge in [-0.05, 0) is 54.4 Å². The first-order valence-corrected chi connectivity index (χ1v) is 10.6. The van der Waals surface area contributed by atoms with E-state index < -0.39 is 0 Å². The highest BCUT2D eigenvalue weighted by molar-refractivity contribution is 5.91. The number of aryl methyl sites for hydroxylation is 1. The Bertz CT molecular complexity index is 1260. The first-order chi connectivity index (χ1) is 15.7. The molecular weight excluding hydrogens is 406 g/mol. The van der Waals surface area contributed by atoms with Crippen LogP contribution in [0.15, 0.2) is 67.0 Å². The molecule has 1 aliphatic rings. The molecule has 0 aliphatic carbocycles. The van der Waals surface area contributed by atoms with Crippen LogP contribution in [0.2, 0.25) is 0 Å². The third kappa shape index (κ3) is 4.23. The molecule has 0 atom stereocenters. The van der Waals surface area contributed by atoms with Crippen LogP contribution in [0.25, 0.3) is 16.9 Å². The number of benzene rings is 2. The standard InChI is InChI=1S/C25H23N3O4/c1-2-17-3-7-20(8-4-17)32-16-25(29)26-19-6-10-24-27-21(15-28(24)14-19)18-5-9-22-23(13-18)31-12-11-30-22/h3-10,13-15H,2,11-12,16H2,1H3,(H,26,29). The van der Waals surface area contributed by atoms with Crippen LogP contribution < -0.4 is 19.5 Å². The number of ether oxygens (including phenoxy) is 3. The van der Waals surface area contributed by atoms with Crippen molar-refractivity contribution in [1.29, 1.82) is 0 Å². The fourth-order valence-electron chi connectivity index (χ4n) is 3.57. The van der Waals surface area contributed by atoms with Gasteiger partial charge in [-0.25, -0.2) is 4.98 Å². The predicted molar refractivity (Wildman–Crippen MR) is 122 cm³/mol. The summed E-state index contributed by atoms with van der Waals surface area (Å²) in [5.74, 6) is 1.92. The predicted octanol–water partition coefficient (Wildman–Crippen LogP) is 4.35. The molecule has 7 heteroatoms. The smallest absolute Gasteiger partial charge is 0.262 e. The van der Waals surface area contributed by atoms with Gasteiger partial charge in [-0.2, -0.15) is 0 Å². The molecule has 1 amide bonds. The van der Waals surface area contributed by atoms with Crippen molar-refractivity contribution in [1.82, 2.24) is 9.38 Å². The molecule has 1 N–H and O–H groups in total. The summed E-state index contributed by atoms with van der Waals surface area (Å²) >= 11 is 0. The van der Waals surface area contributed by atoms with Crippen molar-refractivity contribution in [3.63, 3.8) is 0 Å². The van der Waals surface area contributed by atoms with Gasteiger partial charge in [0.1, 0.15) is 24.6 Å². The van der Waals surface area contributed by atoms with Gasteiger partial charge in [0, 0.05) is 18.0 Å². The zero-order chi connectivity index (χ0) is 21.9. The lowest BCUT2D eigenvalue weighted by atomic mass is 10.1. The second-order valence-corrected chi connectivity index (χ2v) is 7.50. The van der Waals surface area contributed by atoms with Crippen molar-refractivity contribution in [2.75, 3.05) is 25.1 Å². The molecule has 0 spiro atoms. The molecule has 162 valence electrons. The van der Waals surface area contributed by atoms with E-state index in [-0.39, 0.29) is 12.5 Å². The van der Waals surface area contributed by atoms with Crippen LogP contribution in [0.3, 0.4) is 0 Å². The van der Waals surface area contributed by atoms with E-state index in [2.05, 4.69) is 17.2 Å². The molecule has 0 radical (unpaired) electrons. The summed E-state index contributed by atoms with van der Waals surface area (Å²) in [6.45, 7) is 3.14. The van der Waals surface area contributed by atoms with Gasteiger partial charge in [0.05, 0.1) is 11.4 Å². The molecule has 2 aromatic heterocycles. The molecule has 0 unspecified atom stereocenters. The van der Waals surface area contributed by atoms with Gasteiger partial charge in [-0.1, -0.05) is 19.1 Å². The number of nitrogens with one attached hydrogen (secondary N) is 1. The Morgan fingerprint density at radius 3 is 2.66 bits per heavy atom. The molecule has 0 saturated heterocycles. The second-order valence-electron chi connectivity index (χ2n) is 7.50. The monoisotopic (exact) mass is 429 g/mol. The number of pyridine rings is 1. The van der Waals surface area contributed by atoms with E-state index in [4.69, 9.17) is 14.2 Å². The minimum atomic E-state index is -0.226. The lowest BCUT2D eigenvalue weighted by molar-refractivity contribution is -0.118. The Hall–Kier alpha value is -4.00. The Labute approximate surface area is 185 Å². The van der Waals surface area contributed by atoms with Crippen molar-refractivity contribution < 1.29 is 19.0 Å². The minimum absolute atomic E-state index is 0.0596. The molecule has 7 nitrogen and oxygen atoms in total. The molecular formula is C25H23N3O4. The number of fused-ring (bicyclic) bond motifs is 2. The second kappa shape index (κ2) is 8.63. The zero-order valence-corrected chi connectivity index (χ0v) is 17.7. The highest BCUT2D eigenvalue weighted by atomic mass is 16.6. The van der Waals surface area contributed by atoms with Gasteiger partial charge in [-0.3, -0.25) is 4.79 Å². The summed E-state index contributed by atoms with van der Waals surface area (Å²) in [7, 11) is 0. The number of amides is 1. The topological polar surface area (TPSA) is 74.1 Å². The molecule has 4 aromatic rings. The van der Waals surface area contributed by atoms with Crippen molar-refractivity contribution >= 4 is 17.2 Å². The van der Waals surface area contributed by atoms with Crippen LogP contribution in [0, 0.1) is 0 Å². The van der Waals surface area contributed by atoms with E-state index in [0.29, 0.717) is 24.7 Å². The third-order valence-electron chi connectivity index (χ3n) is 5.27. The highest BCUT2D eigenvalue weighted by Crippen LogP contribution is 2.34. The Morgan fingerprint density at radius 1 is 1.03 bits per heavy atom. The maximum atomic E-state index is 12.3. The summed E-state index contributed by atoms with van der Waals surface area (Å²) in [4.78, 5) is 17.0. The number of aromatic nitrogens is 2. The van der Waals surface area contributed by atoms with Gasteiger partial charge in [0.25, 0.3) is 5.91 Å². The van der Waals surface area contributed by atoms with Crippen molar-refractivity contribution in [3.05, 3.63) is 72.6 Å². The van der Waals surface area contributed by atoms with Gasteiger partial charge < -0.3 is 23.9 Å². The molecule has 1 aliphatic heterocycles. The van der Waals surface area contributed by atoms with E-state index in [0.717, 1.165) is 34.8 Å². The van der Waals surface area contributed by atoms with Crippen LogP contribution >= 0.6 is 0 Å². The SMILES string of the molecule is CCc1ccc(OCC(=O)Nc2ccc3nc(-c4ccc5c(c4)OCCO5)cn3c2)cc1. The van der Waals surface area contributed by atoms with Gasteiger partial charge in [0.2, 0.25) is 0 Å². The molecule has 2 aromatic carbocycles. The normalized spacial score (nSPS) is 12.5. The summed E-state index contributed by atoms with van der Waals surface area (Å²) in [6.07, 6.45) is 4.72. The molecule has 5 rings (SSSR count). The van der Waals surface area contributed by atoms with Gasteiger partial charge in [-0.15, -0.1) is 0 Å². The summed E-state index contributed by atoms with van der Waals surface area (Å²) in [5.41, 5.74) is 4.42. The van der Waals surface area contributed by atoms with Crippen molar-refractivity contribution in [2.24, 2.45) is 0 Å². The third-order valence-corrected chi connectivity index (χ3v) is 5.27. The number of carbonyl (C=O) groups is 1. The fraction of sp³-hybridized carbons (Fsp3) is 0.200. The maximum absolute atomic E-state index is 12.3. The lowest BCUT2D eigenvalue weighted by Gasteiger charge is -2.18. The van der Waals surface area contributed by atoms with Crippen LogP contribution in [-0.4, -0.2) is 35.1 Å². The summed E-state index contributed by atoms with van der Waals surface area (Å²) < 4.78 is 18.7. The number of nitrogens with zero attached hydrogens (tertiary/aromatic N) is 2. The Kier molecular flexibility index (Phi) is 5.37. The molecule has 32 heavy (non-hydrogen) atoms. The van der Waals surface area contributed by atoms with Gasteiger partial charge >= 0.3 is 0 Å². The molecule has 0 fully saturated rings. The Balaban J connectivity index is 1.27. The minimum Gasteiger partial charge on any atom is -0.486 e. The number of hydrogen-bond donors (Lipinski definition) is 1. The van der Waals surface area contributed by atoms with Crippen LogP contribution in [-0.2, 0) is 11.2 Å². The molecule has 0 bridgehead atoms. The van der Waals surface area contributed by atoms with Gasteiger partial charge in [0.15, 0.2) is 18.1 Å². The maximum Gasteiger partial charge on any atom is 0.262 e. The van der Waals surface area contributed by atoms with Crippen molar-refractivity contribution in [3.8, 4) is 28.5 Å². The number of rotatable bonds is 6. The molecule has 3 heterocycles. The van der Waals surface area contributed by atoms with Crippen LogP contribution in [0.4, 0.5) is 5.69 Å². The fourth-order valence-corrected chi connectivity index (χ4v) is 3.57. The number of hydrogen-bond acceptors (Lipinski definition) is 5. The van der Waals surface area contributed by atoms with E-state index >= 15 is 0 Å². The van der Waals surface area contributed by atoms with E-state index in [1.54, 1.807) is 0 Å². The Morgan fingerprint density at radius 2 is 1.84 bits per heavy atom.